The van der Waals surface area contributed by atoms with Gasteiger partial charge in [0.05, 0.1) is 18.0 Å². The second-order valence-electron chi connectivity index (χ2n) is 7.13. The predicted octanol–water partition coefficient (Wildman–Crippen LogP) is 1.30. The zero-order chi connectivity index (χ0) is 22.4. The van der Waals surface area contributed by atoms with Crippen LogP contribution in [0, 0.1) is 12.7 Å². The number of benzene rings is 2. The molecule has 0 aromatic heterocycles. The van der Waals surface area contributed by atoms with Gasteiger partial charge in [0.2, 0.25) is 10.0 Å². The summed E-state index contributed by atoms with van der Waals surface area (Å²) < 4.78 is 45.7. The van der Waals surface area contributed by atoms with Crippen LogP contribution in [0.1, 0.15) is 17.5 Å². The number of carbonyl (C=O) groups excluding carboxylic acids is 2. The zero-order valence-corrected chi connectivity index (χ0v) is 17.8. The molecule has 1 aliphatic rings. The molecule has 10 heteroatoms. The Kier molecular flexibility index (Phi) is 7.37. The maximum absolute atomic E-state index is 13.0. The van der Waals surface area contributed by atoms with Crippen molar-refractivity contribution in [1.29, 1.82) is 0 Å². The number of amides is 2. The van der Waals surface area contributed by atoms with Crippen LogP contribution >= 0.6 is 0 Å². The monoisotopic (exact) mass is 449 g/mol. The highest BCUT2D eigenvalue weighted by Gasteiger charge is 2.34. The van der Waals surface area contributed by atoms with Crippen molar-refractivity contribution in [3.63, 3.8) is 0 Å². The summed E-state index contributed by atoms with van der Waals surface area (Å²) in [6.07, 6.45) is -0.401. The first kappa shape index (κ1) is 22.9. The van der Waals surface area contributed by atoms with Crippen molar-refractivity contribution >= 4 is 21.8 Å². The minimum Gasteiger partial charge on any atom is -0.360 e. The van der Waals surface area contributed by atoms with E-state index in [1.54, 1.807) is 12.1 Å². The number of hydrogen-bond acceptors (Lipinski definition) is 5. The molecule has 166 valence electrons. The van der Waals surface area contributed by atoms with Gasteiger partial charge in [-0.15, -0.1) is 0 Å². The molecule has 8 nitrogen and oxygen atoms in total. The highest BCUT2D eigenvalue weighted by molar-refractivity contribution is 7.89. The number of hydrogen-bond donors (Lipinski definition) is 2. The van der Waals surface area contributed by atoms with E-state index in [-0.39, 0.29) is 24.5 Å². The Bertz CT molecular complexity index is 1030. The second kappa shape index (κ2) is 9.99. The highest BCUT2D eigenvalue weighted by Crippen LogP contribution is 2.22. The number of nitrogens with one attached hydrogen (secondary N) is 2. The molecular weight excluding hydrogens is 425 g/mol. The number of sulfonamides is 1. The van der Waals surface area contributed by atoms with Crippen LogP contribution in [0.2, 0.25) is 0 Å². The fourth-order valence-corrected chi connectivity index (χ4v) is 4.64. The van der Waals surface area contributed by atoms with Gasteiger partial charge in [-0.3, -0.25) is 9.59 Å². The van der Waals surface area contributed by atoms with Crippen LogP contribution in [-0.4, -0.2) is 50.5 Å². The third-order valence-electron chi connectivity index (χ3n) is 4.79. The summed E-state index contributed by atoms with van der Waals surface area (Å²) in [5, 5.41) is 4.85. The van der Waals surface area contributed by atoms with Gasteiger partial charge in [0.25, 0.3) is 0 Å². The maximum atomic E-state index is 13.0. The summed E-state index contributed by atoms with van der Waals surface area (Å²) in [6, 6.07) is 12.0. The molecule has 1 aliphatic heterocycles. The summed E-state index contributed by atoms with van der Waals surface area (Å²) in [5.74, 6) is -2.19. The number of aryl methyl sites for hydroxylation is 1. The van der Waals surface area contributed by atoms with E-state index in [9.17, 15) is 22.4 Å². The minimum absolute atomic E-state index is 0.0559. The van der Waals surface area contributed by atoms with Gasteiger partial charge in [0.1, 0.15) is 12.0 Å². The standard InChI is InChI=1S/C21H24FN3O5S/c1-15-3-9-18(10-4-15)31(28,29)25-11-2-12-30-19(25)14-24-21(27)20(26)23-13-16-5-7-17(22)8-6-16/h3-10,19H,2,11-14H2,1H3,(H,23,26)(H,24,27). The van der Waals surface area contributed by atoms with Gasteiger partial charge in [-0.1, -0.05) is 29.8 Å². The van der Waals surface area contributed by atoms with Crippen molar-refractivity contribution in [3.05, 3.63) is 65.5 Å². The molecule has 0 spiro atoms. The Hall–Kier alpha value is -2.82. The lowest BCUT2D eigenvalue weighted by atomic mass is 10.2. The summed E-state index contributed by atoms with van der Waals surface area (Å²) in [6.45, 7) is 2.33. The molecule has 0 radical (unpaired) electrons. The average molecular weight is 450 g/mol. The van der Waals surface area contributed by atoms with Crippen molar-refractivity contribution in [2.24, 2.45) is 0 Å². The lowest BCUT2D eigenvalue weighted by Gasteiger charge is -2.34. The van der Waals surface area contributed by atoms with Gasteiger partial charge < -0.3 is 15.4 Å². The van der Waals surface area contributed by atoms with Crippen LogP contribution in [-0.2, 0) is 30.9 Å². The molecule has 31 heavy (non-hydrogen) atoms. The van der Waals surface area contributed by atoms with Crippen molar-refractivity contribution < 1.29 is 27.1 Å². The molecule has 2 amide bonds. The van der Waals surface area contributed by atoms with E-state index in [0.29, 0.717) is 18.6 Å². The molecule has 2 aromatic carbocycles. The lowest BCUT2D eigenvalue weighted by Crippen LogP contribution is -2.53. The molecule has 1 saturated heterocycles. The van der Waals surface area contributed by atoms with Gasteiger partial charge in [-0.05, 0) is 43.2 Å². The summed E-state index contributed by atoms with van der Waals surface area (Å²) >= 11 is 0. The van der Waals surface area contributed by atoms with Gasteiger partial charge in [0.15, 0.2) is 0 Å². The fourth-order valence-electron chi connectivity index (χ4n) is 3.07. The normalized spacial score (nSPS) is 17.2. The van der Waals surface area contributed by atoms with Crippen molar-refractivity contribution in [2.75, 3.05) is 19.7 Å². The largest absolute Gasteiger partial charge is 0.360 e. The van der Waals surface area contributed by atoms with E-state index in [0.717, 1.165) is 5.56 Å². The summed E-state index contributed by atoms with van der Waals surface area (Å²) in [7, 11) is -3.82. The van der Waals surface area contributed by atoms with E-state index in [1.165, 1.54) is 40.7 Å². The first-order valence-electron chi connectivity index (χ1n) is 9.78. The molecule has 1 atom stereocenters. The second-order valence-corrected chi connectivity index (χ2v) is 9.02. The van der Waals surface area contributed by atoms with Gasteiger partial charge in [-0.2, -0.15) is 4.31 Å². The first-order valence-corrected chi connectivity index (χ1v) is 11.2. The third-order valence-corrected chi connectivity index (χ3v) is 6.69. The van der Waals surface area contributed by atoms with Gasteiger partial charge >= 0.3 is 11.8 Å². The molecule has 2 aromatic rings. The van der Waals surface area contributed by atoms with E-state index in [1.807, 2.05) is 6.92 Å². The number of carbonyl (C=O) groups is 2. The zero-order valence-electron chi connectivity index (χ0n) is 17.0. The number of nitrogens with zero attached hydrogens (tertiary/aromatic N) is 1. The van der Waals surface area contributed by atoms with Crippen LogP contribution < -0.4 is 10.6 Å². The van der Waals surface area contributed by atoms with Gasteiger partial charge in [0, 0.05) is 13.1 Å². The Morgan fingerprint density at radius 3 is 2.39 bits per heavy atom. The lowest BCUT2D eigenvalue weighted by molar-refractivity contribution is -0.140. The molecule has 0 bridgehead atoms. The quantitative estimate of drug-likeness (QED) is 0.647. The van der Waals surface area contributed by atoms with Crippen LogP contribution in [0.4, 0.5) is 4.39 Å². The summed E-state index contributed by atoms with van der Waals surface area (Å²) in [4.78, 5) is 24.3. The van der Waals surface area contributed by atoms with E-state index >= 15 is 0 Å². The van der Waals surface area contributed by atoms with Gasteiger partial charge in [-0.25, -0.2) is 12.8 Å². The Morgan fingerprint density at radius 1 is 1.06 bits per heavy atom. The molecule has 0 saturated carbocycles. The fraction of sp³-hybridized carbons (Fsp3) is 0.333. The molecule has 3 rings (SSSR count). The van der Waals surface area contributed by atoms with Crippen molar-refractivity contribution in [1.82, 2.24) is 14.9 Å². The SMILES string of the molecule is Cc1ccc(S(=O)(=O)N2CCCOC2CNC(=O)C(=O)NCc2ccc(F)cc2)cc1. The van der Waals surface area contributed by atoms with E-state index < -0.39 is 33.9 Å². The predicted molar refractivity (Wildman–Crippen MR) is 111 cm³/mol. The third kappa shape index (κ3) is 5.87. The molecule has 2 N–H and O–H groups in total. The summed E-state index contributed by atoms with van der Waals surface area (Å²) in [5.41, 5.74) is 1.57. The Morgan fingerprint density at radius 2 is 1.71 bits per heavy atom. The van der Waals surface area contributed by atoms with Crippen LogP contribution in [0.3, 0.4) is 0 Å². The maximum Gasteiger partial charge on any atom is 0.309 e. The number of rotatable bonds is 6. The van der Waals surface area contributed by atoms with Crippen LogP contribution in [0.5, 0.6) is 0 Å². The Balaban J connectivity index is 1.58. The molecule has 0 aliphatic carbocycles. The minimum atomic E-state index is -3.82. The van der Waals surface area contributed by atoms with E-state index in [2.05, 4.69) is 10.6 Å². The molecular formula is C21H24FN3O5S. The van der Waals surface area contributed by atoms with Crippen molar-refractivity contribution in [3.8, 4) is 0 Å². The average Bonchev–Trinajstić information content (AvgIpc) is 2.77. The van der Waals surface area contributed by atoms with Crippen LogP contribution in [0.25, 0.3) is 0 Å². The van der Waals surface area contributed by atoms with Crippen LogP contribution in [0.15, 0.2) is 53.4 Å². The molecule has 1 fully saturated rings. The first-order chi connectivity index (χ1) is 14.8. The van der Waals surface area contributed by atoms with Crippen molar-refractivity contribution in [2.45, 2.75) is 31.0 Å². The van der Waals surface area contributed by atoms with E-state index in [4.69, 9.17) is 4.74 Å². The number of halogens is 1. The highest BCUT2D eigenvalue weighted by atomic mass is 32.2. The smallest absolute Gasteiger partial charge is 0.309 e. The molecule has 1 unspecified atom stereocenters. The number of ether oxygens (including phenoxy) is 1. The topological polar surface area (TPSA) is 105 Å². The Labute approximate surface area is 180 Å². The molecule has 1 heterocycles.